The first kappa shape index (κ1) is 16.5. The molecule has 0 aliphatic heterocycles. The third-order valence-corrected chi connectivity index (χ3v) is 3.60. The minimum Gasteiger partial charge on any atom is -0.437 e. The molecule has 25 heavy (non-hydrogen) atoms. The van der Waals surface area contributed by atoms with Gasteiger partial charge in [0.05, 0.1) is 0 Å². The van der Waals surface area contributed by atoms with Crippen molar-refractivity contribution in [3.8, 4) is 11.6 Å². The lowest BCUT2D eigenvalue weighted by Crippen LogP contribution is -2.14. The molecule has 0 radical (unpaired) electrons. The minimum absolute atomic E-state index is 0.213. The van der Waals surface area contributed by atoms with Crippen molar-refractivity contribution in [3.05, 3.63) is 78.5 Å². The number of amides is 1. The normalized spacial score (nSPS) is 10.2. The van der Waals surface area contributed by atoms with Crippen LogP contribution in [0, 0.1) is 0 Å². The molecule has 0 fully saturated rings. The Balaban J connectivity index is 1.81. The van der Waals surface area contributed by atoms with Gasteiger partial charge in [-0.3, -0.25) is 4.79 Å². The van der Waals surface area contributed by atoms with Gasteiger partial charge in [-0.25, -0.2) is 4.98 Å². The molecule has 0 atom stereocenters. The first-order chi connectivity index (χ1) is 12.1. The molecular formula is C20H19N3O2. The van der Waals surface area contributed by atoms with Crippen LogP contribution in [0.5, 0.6) is 11.6 Å². The van der Waals surface area contributed by atoms with Crippen molar-refractivity contribution in [1.82, 2.24) is 4.98 Å². The molecule has 0 bridgehead atoms. The number of anilines is 2. The van der Waals surface area contributed by atoms with Crippen LogP contribution >= 0.6 is 0 Å². The molecule has 0 aliphatic carbocycles. The van der Waals surface area contributed by atoms with E-state index < -0.39 is 0 Å². The number of carbonyl (C=O) groups excluding carboxylic acids is 1. The average Bonchev–Trinajstić information content (AvgIpc) is 2.64. The van der Waals surface area contributed by atoms with E-state index in [1.165, 1.54) is 0 Å². The highest BCUT2D eigenvalue weighted by Gasteiger charge is 2.12. The first-order valence-electron chi connectivity index (χ1n) is 7.90. The third kappa shape index (κ3) is 4.14. The van der Waals surface area contributed by atoms with E-state index in [2.05, 4.69) is 10.3 Å². The maximum Gasteiger partial charge on any atom is 0.255 e. The summed E-state index contributed by atoms with van der Waals surface area (Å²) in [5.74, 6) is 0.798. The monoisotopic (exact) mass is 333 g/mol. The van der Waals surface area contributed by atoms with Gasteiger partial charge in [-0.05, 0) is 42.5 Å². The Kier molecular flexibility index (Phi) is 4.95. The molecule has 1 N–H and O–H groups in total. The van der Waals surface area contributed by atoms with E-state index in [9.17, 15) is 4.79 Å². The number of aromatic nitrogens is 1. The van der Waals surface area contributed by atoms with Gasteiger partial charge in [-0.2, -0.15) is 0 Å². The van der Waals surface area contributed by atoms with E-state index in [4.69, 9.17) is 4.74 Å². The van der Waals surface area contributed by atoms with Gasteiger partial charge in [0.15, 0.2) is 0 Å². The number of pyridine rings is 1. The second kappa shape index (κ2) is 7.49. The van der Waals surface area contributed by atoms with Crippen LogP contribution in [-0.4, -0.2) is 25.0 Å². The number of nitrogens with one attached hydrogen (secondary N) is 1. The smallest absolute Gasteiger partial charge is 0.255 e. The average molecular weight is 333 g/mol. The van der Waals surface area contributed by atoms with Crippen molar-refractivity contribution in [3.63, 3.8) is 0 Å². The molecule has 0 saturated heterocycles. The van der Waals surface area contributed by atoms with Gasteiger partial charge in [-0.1, -0.05) is 24.3 Å². The minimum atomic E-state index is -0.213. The number of nitrogens with zero attached hydrogens (tertiary/aromatic N) is 2. The number of hydrogen-bond acceptors (Lipinski definition) is 4. The van der Waals surface area contributed by atoms with Gasteiger partial charge in [0.25, 0.3) is 5.91 Å². The van der Waals surface area contributed by atoms with Crippen molar-refractivity contribution in [2.24, 2.45) is 0 Å². The van der Waals surface area contributed by atoms with E-state index in [-0.39, 0.29) is 5.91 Å². The van der Waals surface area contributed by atoms with E-state index in [0.29, 0.717) is 22.9 Å². The van der Waals surface area contributed by atoms with Crippen LogP contribution in [0.1, 0.15) is 10.4 Å². The van der Waals surface area contributed by atoms with E-state index in [1.807, 2.05) is 67.5 Å². The Hall–Kier alpha value is -3.34. The molecular weight excluding hydrogens is 314 g/mol. The van der Waals surface area contributed by atoms with Crippen molar-refractivity contribution >= 4 is 17.3 Å². The maximum absolute atomic E-state index is 12.6. The number of carbonyl (C=O) groups is 1. The van der Waals surface area contributed by atoms with Crippen LogP contribution in [0.3, 0.4) is 0 Å². The topological polar surface area (TPSA) is 54.5 Å². The largest absolute Gasteiger partial charge is 0.437 e. The maximum atomic E-state index is 12.6. The lowest BCUT2D eigenvalue weighted by Gasteiger charge is -2.14. The SMILES string of the molecule is CN(C)c1cccc(C(=O)Nc2cccnc2Oc2ccccc2)c1. The Morgan fingerprint density at radius 3 is 2.56 bits per heavy atom. The highest BCUT2D eigenvalue weighted by Crippen LogP contribution is 2.27. The second-order valence-corrected chi connectivity index (χ2v) is 5.67. The van der Waals surface area contributed by atoms with Crippen LogP contribution in [0.15, 0.2) is 72.9 Å². The zero-order valence-corrected chi connectivity index (χ0v) is 14.1. The van der Waals surface area contributed by atoms with Crippen LogP contribution in [0.25, 0.3) is 0 Å². The van der Waals surface area contributed by atoms with Crippen molar-refractivity contribution in [2.45, 2.75) is 0 Å². The predicted molar refractivity (Wildman–Crippen MR) is 99.5 cm³/mol. The van der Waals surface area contributed by atoms with Crippen LogP contribution < -0.4 is 15.0 Å². The summed E-state index contributed by atoms with van der Waals surface area (Å²) in [4.78, 5) is 18.8. The number of hydrogen-bond donors (Lipinski definition) is 1. The van der Waals surface area contributed by atoms with E-state index in [0.717, 1.165) is 5.69 Å². The first-order valence-corrected chi connectivity index (χ1v) is 7.90. The van der Waals surface area contributed by atoms with Gasteiger partial charge in [-0.15, -0.1) is 0 Å². The summed E-state index contributed by atoms with van der Waals surface area (Å²) < 4.78 is 5.77. The predicted octanol–water partition coefficient (Wildman–Crippen LogP) is 4.19. The Labute approximate surface area is 146 Å². The second-order valence-electron chi connectivity index (χ2n) is 5.67. The quantitative estimate of drug-likeness (QED) is 0.760. The van der Waals surface area contributed by atoms with Gasteiger partial charge in [0.1, 0.15) is 11.4 Å². The van der Waals surface area contributed by atoms with Crippen molar-refractivity contribution in [1.29, 1.82) is 0 Å². The molecule has 1 aromatic heterocycles. The summed E-state index contributed by atoms with van der Waals surface area (Å²) in [6.45, 7) is 0. The highest BCUT2D eigenvalue weighted by atomic mass is 16.5. The lowest BCUT2D eigenvalue weighted by molar-refractivity contribution is 0.102. The standard InChI is InChI=1S/C20H19N3O2/c1-23(2)16-9-6-8-15(14-16)19(24)22-18-12-7-13-21-20(18)25-17-10-4-3-5-11-17/h3-14H,1-2H3,(H,22,24). The summed E-state index contributed by atoms with van der Waals surface area (Å²) in [5.41, 5.74) is 2.05. The molecule has 3 rings (SSSR count). The number of rotatable bonds is 5. The zero-order valence-electron chi connectivity index (χ0n) is 14.1. The molecule has 0 saturated carbocycles. The Bertz CT molecular complexity index is 864. The molecule has 0 aliphatic rings. The fourth-order valence-electron chi connectivity index (χ4n) is 2.29. The van der Waals surface area contributed by atoms with Gasteiger partial charge in [0, 0.05) is 31.5 Å². The zero-order chi connectivity index (χ0) is 17.6. The highest BCUT2D eigenvalue weighted by molar-refractivity contribution is 6.05. The molecule has 2 aromatic carbocycles. The summed E-state index contributed by atoms with van der Waals surface area (Å²) in [5, 5.41) is 2.87. The van der Waals surface area contributed by atoms with Gasteiger partial charge in [0.2, 0.25) is 5.88 Å². The van der Waals surface area contributed by atoms with Crippen LogP contribution in [-0.2, 0) is 0 Å². The van der Waals surface area contributed by atoms with Gasteiger partial charge >= 0.3 is 0 Å². The molecule has 1 amide bonds. The fourth-order valence-corrected chi connectivity index (χ4v) is 2.29. The van der Waals surface area contributed by atoms with E-state index in [1.54, 1.807) is 24.4 Å². The summed E-state index contributed by atoms with van der Waals surface area (Å²) in [6.07, 6.45) is 1.63. The summed E-state index contributed by atoms with van der Waals surface area (Å²) >= 11 is 0. The van der Waals surface area contributed by atoms with Crippen LogP contribution in [0.2, 0.25) is 0 Å². The molecule has 3 aromatic rings. The molecule has 0 spiro atoms. The molecule has 126 valence electrons. The lowest BCUT2D eigenvalue weighted by atomic mass is 10.1. The molecule has 5 heteroatoms. The molecule has 5 nitrogen and oxygen atoms in total. The molecule has 1 heterocycles. The fraction of sp³-hybridized carbons (Fsp3) is 0.100. The van der Waals surface area contributed by atoms with Crippen molar-refractivity contribution in [2.75, 3.05) is 24.3 Å². The van der Waals surface area contributed by atoms with Gasteiger partial charge < -0.3 is 15.0 Å². The summed E-state index contributed by atoms with van der Waals surface area (Å²) in [7, 11) is 3.87. The Morgan fingerprint density at radius 1 is 1.00 bits per heavy atom. The molecule has 0 unspecified atom stereocenters. The number of ether oxygens (including phenoxy) is 1. The number of benzene rings is 2. The van der Waals surface area contributed by atoms with E-state index >= 15 is 0 Å². The Morgan fingerprint density at radius 2 is 1.80 bits per heavy atom. The third-order valence-electron chi connectivity index (χ3n) is 3.60. The summed E-state index contributed by atoms with van der Waals surface area (Å²) in [6, 6.07) is 20.3. The van der Waals surface area contributed by atoms with Crippen molar-refractivity contribution < 1.29 is 9.53 Å². The van der Waals surface area contributed by atoms with Crippen LogP contribution in [0.4, 0.5) is 11.4 Å². The number of para-hydroxylation sites is 1.